The van der Waals surface area contributed by atoms with Crippen LogP contribution in [-0.4, -0.2) is 61.5 Å². The third-order valence-corrected chi connectivity index (χ3v) is 4.94. The molecule has 2 aliphatic heterocycles. The summed E-state index contributed by atoms with van der Waals surface area (Å²) in [6.45, 7) is 5.16. The molecule has 1 saturated carbocycles. The quantitative estimate of drug-likeness (QED) is 0.821. The smallest absolute Gasteiger partial charge is 0.227 e. The molecule has 2 heterocycles. The average molecular weight is 265 g/mol. The maximum Gasteiger partial charge on any atom is 0.227 e. The summed E-state index contributed by atoms with van der Waals surface area (Å²) in [6.07, 6.45) is 6.16. The second-order valence-electron chi connectivity index (χ2n) is 6.70. The minimum atomic E-state index is 0.265. The summed E-state index contributed by atoms with van der Waals surface area (Å²) >= 11 is 0. The van der Waals surface area contributed by atoms with Gasteiger partial charge in [0.05, 0.1) is 5.92 Å². The first-order chi connectivity index (χ1) is 9.22. The molecule has 4 heteroatoms. The lowest BCUT2D eigenvalue weighted by atomic mass is 10.0. The Morgan fingerprint density at radius 1 is 1.11 bits per heavy atom. The van der Waals surface area contributed by atoms with Crippen molar-refractivity contribution >= 4 is 5.91 Å². The SMILES string of the molecule is CN1CCC(C(=O)N2CCC(NCC3CC3)CC2)C1. The van der Waals surface area contributed by atoms with Crippen LogP contribution in [0, 0.1) is 11.8 Å². The van der Waals surface area contributed by atoms with Crippen LogP contribution >= 0.6 is 0 Å². The highest BCUT2D eigenvalue weighted by atomic mass is 16.2. The topological polar surface area (TPSA) is 35.6 Å². The van der Waals surface area contributed by atoms with Crippen LogP contribution < -0.4 is 5.32 Å². The second-order valence-corrected chi connectivity index (χ2v) is 6.70. The predicted molar refractivity (Wildman–Crippen MR) is 75.9 cm³/mol. The molecule has 108 valence electrons. The van der Waals surface area contributed by atoms with Gasteiger partial charge in [0.1, 0.15) is 0 Å². The van der Waals surface area contributed by atoms with E-state index in [1.807, 2.05) is 0 Å². The summed E-state index contributed by atoms with van der Waals surface area (Å²) in [4.78, 5) is 16.8. The van der Waals surface area contributed by atoms with Gasteiger partial charge in [-0.3, -0.25) is 4.79 Å². The summed E-state index contributed by atoms with van der Waals surface area (Å²) in [5, 5.41) is 3.67. The van der Waals surface area contributed by atoms with Crippen molar-refractivity contribution in [3.05, 3.63) is 0 Å². The van der Waals surface area contributed by atoms with Crippen molar-refractivity contribution in [2.45, 2.75) is 38.1 Å². The third-order valence-electron chi connectivity index (χ3n) is 4.94. The molecule has 0 radical (unpaired) electrons. The molecule has 1 aliphatic carbocycles. The standard InChI is InChI=1S/C15H27N3O/c1-17-7-4-13(11-17)15(19)18-8-5-14(6-9-18)16-10-12-2-3-12/h12-14,16H,2-11H2,1H3. The lowest BCUT2D eigenvalue weighted by Crippen LogP contribution is -2.47. The zero-order valence-electron chi connectivity index (χ0n) is 12.1. The van der Waals surface area contributed by atoms with Crippen molar-refractivity contribution in [2.75, 3.05) is 39.8 Å². The number of carbonyl (C=O) groups is 1. The number of rotatable bonds is 4. The van der Waals surface area contributed by atoms with Gasteiger partial charge >= 0.3 is 0 Å². The number of hydrogen-bond acceptors (Lipinski definition) is 3. The van der Waals surface area contributed by atoms with Crippen LogP contribution in [0.5, 0.6) is 0 Å². The Labute approximate surface area is 116 Å². The zero-order valence-corrected chi connectivity index (χ0v) is 12.1. The van der Waals surface area contributed by atoms with Crippen LogP contribution in [0.2, 0.25) is 0 Å². The highest BCUT2D eigenvalue weighted by molar-refractivity contribution is 5.79. The number of piperidine rings is 1. The summed E-state index contributed by atoms with van der Waals surface area (Å²) in [5.74, 6) is 1.62. The second kappa shape index (κ2) is 5.80. The van der Waals surface area contributed by atoms with Gasteiger partial charge in [0.25, 0.3) is 0 Å². The van der Waals surface area contributed by atoms with E-state index >= 15 is 0 Å². The number of hydrogen-bond donors (Lipinski definition) is 1. The molecule has 1 amide bonds. The van der Waals surface area contributed by atoms with Gasteiger partial charge in [0, 0.05) is 25.7 Å². The average Bonchev–Trinajstić information content (AvgIpc) is 3.17. The Bertz CT molecular complexity index is 321. The monoisotopic (exact) mass is 265 g/mol. The molecule has 0 spiro atoms. The van der Waals surface area contributed by atoms with E-state index in [2.05, 4.69) is 22.2 Å². The Kier molecular flexibility index (Phi) is 4.08. The minimum absolute atomic E-state index is 0.265. The molecule has 19 heavy (non-hydrogen) atoms. The van der Waals surface area contributed by atoms with Crippen LogP contribution in [0.3, 0.4) is 0 Å². The van der Waals surface area contributed by atoms with Crippen LogP contribution in [0.4, 0.5) is 0 Å². The van der Waals surface area contributed by atoms with Gasteiger partial charge in [0.2, 0.25) is 5.91 Å². The van der Waals surface area contributed by atoms with Crippen molar-refractivity contribution in [3.63, 3.8) is 0 Å². The molecule has 3 fully saturated rings. The maximum absolute atomic E-state index is 12.4. The molecule has 2 saturated heterocycles. The first-order valence-electron chi connectivity index (χ1n) is 7.93. The Morgan fingerprint density at radius 3 is 2.42 bits per heavy atom. The van der Waals surface area contributed by atoms with Crippen molar-refractivity contribution < 1.29 is 4.79 Å². The van der Waals surface area contributed by atoms with E-state index < -0.39 is 0 Å². The van der Waals surface area contributed by atoms with E-state index in [9.17, 15) is 4.79 Å². The maximum atomic E-state index is 12.4. The van der Waals surface area contributed by atoms with Gasteiger partial charge in [-0.2, -0.15) is 0 Å². The molecule has 0 aromatic heterocycles. The normalized spacial score (nSPS) is 29.9. The number of carbonyl (C=O) groups excluding carboxylic acids is 1. The zero-order chi connectivity index (χ0) is 13.2. The van der Waals surface area contributed by atoms with Gasteiger partial charge in [-0.05, 0) is 58.2 Å². The highest BCUT2D eigenvalue weighted by Crippen LogP contribution is 2.28. The van der Waals surface area contributed by atoms with Gasteiger partial charge in [-0.25, -0.2) is 0 Å². The van der Waals surface area contributed by atoms with Crippen molar-refractivity contribution in [1.82, 2.24) is 15.1 Å². The molecule has 4 nitrogen and oxygen atoms in total. The van der Waals surface area contributed by atoms with E-state index in [-0.39, 0.29) is 5.92 Å². The molecule has 1 N–H and O–H groups in total. The van der Waals surface area contributed by atoms with Crippen LogP contribution in [0.1, 0.15) is 32.1 Å². The van der Waals surface area contributed by atoms with Gasteiger partial charge in [0.15, 0.2) is 0 Å². The molecule has 0 aromatic rings. The molecule has 1 atom stereocenters. The Morgan fingerprint density at radius 2 is 1.84 bits per heavy atom. The van der Waals surface area contributed by atoms with E-state index in [0.717, 1.165) is 51.4 Å². The number of nitrogens with zero attached hydrogens (tertiary/aromatic N) is 2. The summed E-state index contributed by atoms with van der Waals surface area (Å²) < 4.78 is 0. The highest BCUT2D eigenvalue weighted by Gasteiger charge is 2.32. The van der Waals surface area contributed by atoms with Gasteiger partial charge < -0.3 is 15.1 Å². The fourth-order valence-corrected chi connectivity index (χ4v) is 3.35. The van der Waals surface area contributed by atoms with Crippen molar-refractivity contribution in [3.8, 4) is 0 Å². The van der Waals surface area contributed by atoms with Crippen LogP contribution in [0.25, 0.3) is 0 Å². The summed E-state index contributed by atoms with van der Waals surface area (Å²) in [5.41, 5.74) is 0. The van der Waals surface area contributed by atoms with Gasteiger partial charge in [-0.1, -0.05) is 0 Å². The molecule has 3 rings (SSSR count). The largest absolute Gasteiger partial charge is 0.342 e. The molecule has 3 aliphatic rings. The van der Waals surface area contributed by atoms with Crippen molar-refractivity contribution in [1.29, 1.82) is 0 Å². The van der Waals surface area contributed by atoms with Crippen molar-refractivity contribution in [2.24, 2.45) is 11.8 Å². The third kappa shape index (κ3) is 3.48. The lowest BCUT2D eigenvalue weighted by molar-refractivity contribution is -0.136. The van der Waals surface area contributed by atoms with Gasteiger partial charge in [-0.15, -0.1) is 0 Å². The van der Waals surface area contributed by atoms with Crippen LogP contribution in [0.15, 0.2) is 0 Å². The molecule has 0 bridgehead atoms. The molecule has 1 unspecified atom stereocenters. The Hall–Kier alpha value is -0.610. The van der Waals surface area contributed by atoms with E-state index in [1.165, 1.54) is 19.4 Å². The molecular weight excluding hydrogens is 238 g/mol. The minimum Gasteiger partial charge on any atom is -0.342 e. The number of amides is 1. The lowest BCUT2D eigenvalue weighted by Gasteiger charge is -2.34. The summed E-state index contributed by atoms with van der Waals surface area (Å²) in [6, 6.07) is 0.649. The van der Waals surface area contributed by atoms with E-state index in [1.54, 1.807) is 0 Å². The Balaban J connectivity index is 1.40. The first-order valence-corrected chi connectivity index (χ1v) is 7.93. The predicted octanol–water partition coefficient (Wildman–Crippen LogP) is 0.929. The fraction of sp³-hybridized carbons (Fsp3) is 0.933. The number of likely N-dealkylation sites (tertiary alicyclic amines) is 2. The molecular formula is C15H27N3O. The fourth-order valence-electron chi connectivity index (χ4n) is 3.35. The molecule has 0 aromatic carbocycles. The van der Waals surface area contributed by atoms with E-state index in [4.69, 9.17) is 0 Å². The summed E-state index contributed by atoms with van der Waals surface area (Å²) in [7, 11) is 2.11. The van der Waals surface area contributed by atoms with Crippen LogP contribution in [-0.2, 0) is 4.79 Å². The van der Waals surface area contributed by atoms with E-state index in [0.29, 0.717) is 11.9 Å². The first kappa shape index (κ1) is 13.4. The number of nitrogens with one attached hydrogen (secondary N) is 1.